The molecule has 1 unspecified atom stereocenters. The molecule has 1 atom stereocenters. The number of pyridine rings is 1. The summed E-state index contributed by atoms with van der Waals surface area (Å²) in [5.74, 6) is 0. The van der Waals surface area contributed by atoms with Gasteiger partial charge in [0.2, 0.25) is 0 Å². The van der Waals surface area contributed by atoms with Gasteiger partial charge in [0.05, 0.1) is 9.88 Å². The number of thiazole rings is 1. The van der Waals surface area contributed by atoms with Crippen LogP contribution in [0.2, 0.25) is 0 Å². The van der Waals surface area contributed by atoms with Gasteiger partial charge in [-0.2, -0.15) is 0 Å². The highest BCUT2D eigenvalue weighted by atomic mass is 32.1. The molecule has 2 aromatic heterocycles. The number of rotatable bonds is 2. The van der Waals surface area contributed by atoms with Crippen LogP contribution in [0.25, 0.3) is 10.8 Å². The van der Waals surface area contributed by atoms with Crippen LogP contribution in [-0.2, 0) is 0 Å². The zero-order chi connectivity index (χ0) is 12.5. The SMILES string of the molecule is Cc1ncc(C(O)c2cncc3ccccc23)s1. The lowest BCUT2D eigenvalue weighted by Crippen LogP contribution is -1.99. The lowest BCUT2D eigenvalue weighted by atomic mass is 10.0. The minimum absolute atomic E-state index is 0.658. The number of aliphatic hydroxyl groups is 1. The second-order valence-corrected chi connectivity index (χ2v) is 5.40. The van der Waals surface area contributed by atoms with Gasteiger partial charge in [-0.3, -0.25) is 4.98 Å². The molecule has 18 heavy (non-hydrogen) atoms. The Morgan fingerprint density at radius 3 is 2.78 bits per heavy atom. The molecule has 1 N–H and O–H groups in total. The molecule has 0 radical (unpaired) electrons. The molecule has 3 aromatic rings. The van der Waals surface area contributed by atoms with E-state index in [0.29, 0.717) is 0 Å². The van der Waals surface area contributed by atoms with Crippen molar-refractivity contribution in [2.45, 2.75) is 13.0 Å². The van der Waals surface area contributed by atoms with Gasteiger partial charge in [0.1, 0.15) is 6.10 Å². The maximum atomic E-state index is 10.4. The normalized spacial score (nSPS) is 12.8. The third kappa shape index (κ3) is 1.89. The largest absolute Gasteiger partial charge is 0.383 e. The lowest BCUT2D eigenvalue weighted by molar-refractivity contribution is 0.225. The molecule has 3 rings (SSSR count). The Bertz CT molecular complexity index is 688. The molecule has 0 aliphatic carbocycles. The molecule has 0 aliphatic rings. The van der Waals surface area contributed by atoms with Gasteiger partial charge >= 0.3 is 0 Å². The number of hydrogen-bond donors (Lipinski definition) is 1. The number of aryl methyl sites for hydroxylation is 1. The highest BCUT2D eigenvalue weighted by Crippen LogP contribution is 2.30. The summed E-state index contributed by atoms with van der Waals surface area (Å²) in [6.45, 7) is 1.93. The monoisotopic (exact) mass is 256 g/mol. The molecule has 0 aliphatic heterocycles. The summed E-state index contributed by atoms with van der Waals surface area (Å²) in [5.41, 5.74) is 0.830. The van der Waals surface area contributed by atoms with E-state index in [4.69, 9.17) is 0 Å². The standard InChI is InChI=1S/C14H12N2OS/c1-9-16-8-13(18-9)14(17)12-7-15-6-10-4-2-3-5-11(10)12/h2-8,14,17H,1H3. The predicted molar refractivity (Wildman–Crippen MR) is 72.7 cm³/mol. The minimum Gasteiger partial charge on any atom is -0.383 e. The summed E-state index contributed by atoms with van der Waals surface area (Å²) in [6.07, 6.45) is 4.60. The number of hydrogen-bond acceptors (Lipinski definition) is 4. The second-order valence-electron chi connectivity index (χ2n) is 4.13. The Morgan fingerprint density at radius 2 is 2.00 bits per heavy atom. The van der Waals surface area contributed by atoms with Crippen molar-refractivity contribution in [2.24, 2.45) is 0 Å². The van der Waals surface area contributed by atoms with Crippen molar-refractivity contribution in [2.75, 3.05) is 0 Å². The Labute approximate surface area is 109 Å². The number of benzene rings is 1. The van der Waals surface area contributed by atoms with Gasteiger partial charge in [-0.25, -0.2) is 4.98 Å². The molecule has 0 saturated heterocycles. The van der Waals surface area contributed by atoms with Crippen LogP contribution < -0.4 is 0 Å². The van der Waals surface area contributed by atoms with E-state index in [1.54, 1.807) is 12.4 Å². The first kappa shape index (κ1) is 11.3. The van der Waals surface area contributed by atoms with Crippen molar-refractivity contribution in [3.63, 3.8) is 0 Å². The van der Waals surface area contributed by atoms with E-state index in [1.807, 2.05) is 37.4 Å². The summed E-state index contributed by atoms with van der Waals surface area (Å²) in [4.78, 5) is 9.22. The third-order valence-electron chi connectivity index (χ3n) is 2.90. The van der Waals surface area contributed by atoms with Crippen LogP contribution >= 0.6 is 11.3 Å². The van der Waals surface area contributed by atoms with E-state index in [9.17, 15) is 5.11 Å². The van der Waals surface area contributed by atoms with Gasteiger partial charge in [-0.1, -0.05) is 24.3 Å². The zero-order valence-electron chi connectivity index (χ0n) is 9.87. The lowest BCUT2D eigenvalue weighted by Gasteiger charge is -2.11. The maximum absolute atomic E-state index is 10.4. The first-order valence-corrected chi connectivity index (χ1v) is 6.50. The highest BCUT2D eigenvalue weighted by Gasteiger charge is 2.16. The second kappa shape index (κ2) is 4.48. The van der Waals surface area contributed by atoms with E-state index >= 15 is 0 Å². The first-order valence-electron chi connectivity index (χ1n) is 5.69. The summed E-state index contributed by atoms with van der Waals surface area (Å²) in [7, 11) is 0. The van der Waals surface area contributed by atoms with E-state index in [2.05, 4.69) is 9.97 Å². The van der Waals surface area contributed by atoms with Crippen molar-refractivity contribution in [3.05, 3.63) is 58.3 Å². The fourth-order valence-corrected chi connectivity index (χ4v) is 2.81. The smallest absolute Gasteiger partial charge is 0.117 e. The molecule has 0 bridgehead atoms. The molecule has 1 aromatic carbocycles. The van der Waals surface area contributed by atoms with Crippen LogP contribution in [0.15, 0.2) is 42.9 Å². The summed E-state index contributed by atoms with van der Waals surface area (Å²) in [6, 6.07) is 7.94. The molecule has 0 amide bonds. The first-order chi connectivity index (χ1) is 8.75. The molecule has 90 valence electrons. The Kier molecular flexibility index (Phi) is 2.81. The van der Waals surface area contributed by atoms with Gasteiger partial charge in [0.15, 0.2) is 0 Å². The van der Waals surface area contributed by atoms with E-state index in [1.165, 1.54) is 11.3 Å². The Balaban J connectivity index is 2.14. The summed E-state index contributed by atoms with van der Waals surface area (Å²) >= 11 is 1.51. The predicted octanol–water partition coefficient (Wildman–Crippen LogP) is 3.08. The van der Waals surface area contributed by atoms with Gasteiger partial charge in [-0.05, 0) is 12.3 Å². The van der Waals surface area contributed by atoms with Gasteiger partial charge in [-0.15, -0.1) is 11.3 Å². The molecule has 0 spiro atoms. The van der Waals surface area contributed by atoms with Crippen LogP contribution in [0.5, 0.6) is 0 Å². The zero-order valence-corrected chi connectivity index (χ0v) is 10.7. The molecular weight excluding hydrogens is 244 g/mol. The average molecular weight is 256 g/mol. The molecular formula is C14H12N2OS. The fourth-order valence-electron chi connectivity index (χ4n) is 2.02. The summed E-state index contributed by atoms with van der Waals surface area (Å²) in [5, 5.41) is 13.5. The fraction of sp³-hybridized carbons (Fsp3) is 0.143. The van der Waals surface area contributed by atoms with Crippen LogP contribution in [0, 0.1) is 6.92 Å². The molecule has 3 nitrogen and oxygen atoms in total. The highest BCUT2D eigenvalue weighted by molar-refractivity contribution is 7.11. The number of aliphatic hydroxyl groups excluding tert-OH is 1. The van der Waals surface area contributed by atoms with Crippen LogP contribution in [0.3, 0.4) is 0 Å². The Hall–Kier alpha value is -1.78. The van der Waals surface area contributed by atoms with E-state index in [0.717, 1.165) is 26.2 Å². The van der Waals surface area contributed by atoms with Crippen molar-refractivity contribution < 1.29 is 5.11 Å². The van der Waals surface area contributed by atoms with Crippen LogP contribution in [0.1, 0.15) is 21.6 Å². The molecule has 2 heterocycles. The van der Waals surface area contributed by atoms with E-state index < -0.39 is 6.10 Å². The number of fused-ring (bicyclic) bond motifs is 1. The third-order valence-corrected chi connectivity index (χ3v) is 3.87. The summed E-state index contributed by atoms with van der Waals surface area (Å²) < 4.78 is 0. The molecule has 0 fully saturated rings. The van der Waals surface area contributed by atoms with Crippen molar-refractivity contribution in [1.29, 1.82) is 0 Å². The van der Waals surface area contributed by atoms with Gasteiger partial charge in [0.25, 0.3) is 0 Å². The Morgan fingerprint density at radius 1 is 1.17 bits per heavy atom. The van der Waals surface area contributed by atoms with Gasteiger partial charge in [0, 0.05) is 29.5 Å². The number of nitrogens with zero attached hydrogens (tertiary/aromatic N) is 2. The molecule has 4 heteroatoms. The minimum atomic E-state index is -0.658. The average Bonchev–Trinajstić information content (AvgIpc) is 2.84. The van der Waals surface area contributed by atoms with Crippen molar-refractivity contribution >= 4 is 22.1 Å². The van der Waals surface area contributed by atoms with E-state index in [-0.39, 0.29) is 0 Å². The van der Waals surface area contributed by atoms with Crippen molar-refractivity contribution in [3.8, 4) is 0 Å². The van der Waals surface area contributed by atoms with Crippen LogP contribution in [-0.4, -0.2) is 15.1 Å². The maximum Gasteiger partial charge on any atom is 0.117 e. The number of aromatic nitrogens is 2. The topological polar surface area (TPSA) is 46.0 Å². The van der Waals surface area contributed by atoms with Gasteiger partial charge < -0.3 is 5.11 Å². The van der Waals surface area contributed by atoms with Crippen LogP contribution in [0.4, 0.5) is 0 Å². The molecule has 0 saturated carbocycles. The quantitative estimate of drug-likeness (QED) is 0.766. The van der Waals surface area contributed by atoms with Crippen molar-refractivity contribution in [1.82, 2.24) is 9.97 Å².